The van der Waals surface area contributed by atoms with Gasteiger partial charge in [-0.3, -0.25) is 0 Å². The van der Waals surface area contributed by atoms with Gasteiger partial charge in [0.2, 0.25) is 5.95 Å². The zero-order valence-electron chi connectivity index (χ0n) is 21.7. The van der Waals surface area contributed by atoms with Crippen LogP contribution in [0.1, 0.15) is 61.9 Å². The van der Waals surface area contributed by atoms with Crippen molar-refractivity contribution in [1.29, 1.82) is 0 Å². The van der Waals surface area contributed by atoms with Crippen LogP contribution in [0.5, 0.6) is 0 Å². The first-order chi connectivity index (χ1) is 17.6. The number of carboxylic acid groups (broad SMARTS) is 1. The van der Waals surface area contributed by atoms with Crippen LogP contribution in [0.4, 0.5) is 15.1 Å². The molecule has 1 aliphatic carbocycles. The molecule has 1 aromatic carbocycles. The van der Waals surface area contributed by atoms with Gasteiger partial charge in [0.25, 0.3) is 0 Å². The summed E-state index contributed by atoms with van der Waals surface area (Å²) in [6.45, 7) is 9.64. The Balaban J connectivity index is 1.26. The van der Waals surface area contributed by atoms with E-state index in [-0.39, 0.29) is 29.4 Å². The van der Waals surface area contributed by atoms with Crippen molar-refractivity contribution in [3.05, 3.63) is 53.6 Å². The Morgan fingerprint density at radius 1 is 1.16 bits per heavy atom. The molecule has 1 amide bonds. The van der Waals surface area contributed by atoms with E-state index in [0.717, 1.165) is 44.5 Å². The van der Waals surface area contributed by atoms with E-state index in [2.05, 4.69) is 20.2 Å². The van der Waals surface area contributed by atoms with E-state index in [1.54, 1.807) is 0 Å². The standard InChI is InChI=1S/C27H36FN5O4/c1-27(2,3)37-26(36)33(23-14-22(23)19-4-6-21(28)7-5-19)17-18-8-11-32(12-9-18)13-10-29-25-30-15-20(16-31-25)24(34)35/h4-7,15-16,18,22-23H,8-14,17H2,1-3H3,(H,34,35)(H,29,30,31). The van der Waals surface area contributed by atoms with Gasteiger partial charge in [0, 0.05) is 44.0 Å². The highest BCUT2D eigenvalue weighted by Gasteiger charge is 2.46. The van der Waals surface area contributed by atoms with Crippen molar-refractivity contribution in [2.75, 3.05) is 38.0 Å². The number of carbonyl (C=O) groups is 2. The van der Waals surface area contributed by atoms with Crippen LogP contribution in [0.25, 0.3) is 0 Å². The molecule has 1 aliphatic heterocycles. The second-order valence-corrected chi connectivity index (χ2v) is 10.9. The molecule has 2 aromatic rings. The molecule has 2 heterocycles. The first-order valence-electron chi connectivity index (χ1n) is 12.9. The third kappa shape index (κ3) is 7.61. The smallest absolute Gasteiger partial charge is 0.410 e. The van der Waals surface area contributed by atoms with Gasteiger partial charge in [-0.15, -0.1) is 0 Å². The van der Waals surface area contributed by atoms with Crippen molar-refractivity contribution in [3.63, 3.8) is 0 Å². The molecule has 200 valence electrons. The lowest BCUT2D eigenvalue weighted by atomic mass is 9.96. The third-order valence-corrected chi connectivity index (χ3v) is 6.86. The van der Waals surface area contributed by atoms with E-state index in [1.807, 2.05) is 37.8 Å². The highest BCUT2D eigenvalue weighted by molar-refractivity contribution is 5.86. The highest BCUT2D eigenvalue weighted by atomic mass is 19.1. The molecule has 0 bridgehead atoms. The van der Waals surface area contributed by atoms with Gasteiger partial charge in [-0.25, -0.2) is 23.9 Å². The Morgan fingerprint density at radius 2 is 1.81 bits per heavy atom. The number of piperidine rings is 1. The van der Waals surface area contributed by atoms with Gasteiger partial charge in [0.1, 0.15) is 11.4 Å². The van der Waals surface area contributed by atoms with Crippen LogP contribution in [0.3, 0.4) is 0 Å². The summed E-state index contributed by atoms with van der Waals surface area (Å²) < 4.78 is 19.1. The average Bonchev–Trinajstić information content (AvgIpc) is 3.63. The van der Waals surface area contributed by atoms with E-state index in [1.165, 1.54) is 24.5 Å². The zero-order chi connectivity index (χ0) is 26.6. The Kier molecular flexibility index (Phi) is 8.26. The molecule has 1 saturated carbocycles. The fourth-order valence-corrected chi connectivity index (χ4v) is 4.79. The quantitative estimate of drug-likeness (QED) is 0.513. The number of nitrogens with zero attached hydrogens (tertiary/aromatic N) is 4. The van der Waals surface area contributed by atoms with Gasteiger partial charge in [-0.1, -0.05) is 12.1 Å². The minimum absolute atomic E-state index is 0.0585. The van der Waals surface area contributed by atoms with Crippen molar-refractivity contribution in [2.45, 2.75) is 57.6 Å². The molecule has 4 rings (SSSR count). The zero-order valence-corrected chi connectivity index (χ0v) is 21.7. The van der Waals surface area contributed by atoms with Gasteiger partial charge in [0.15, 0.2) is 0 Å². The molecule has 0 spiro atoms. The molecule has 2 aliphatic rings. The summed E-state index contributed by atoms with van der Waals surface area (Å²) in [5.74, 6) is -0.292. The van der Waals surface area contributed by atoms with Crippen LogP contribution in [-0.4, -0.2) is 81.3 Å². The van der Waals surface area contributed by atoms with Crippen molar-refractivity contribution in [2.24, 2.45) is 5.92 Å². The average molecular weight is 514 g/mol. The summed E-state index contributed by atoms with van der Waals surface area (Å²) in [5.41, 5.74) is 0.552. The Bertz CT molecular complexity index is 1070. The normalized spacial score (nSPS) is 20.3. The van der Waals surface area contributed by atoms with Crippen molar-refractivity contribution < 1.29 is 23.8 Å². The van der Waals surface area contributed by atoms with Crippen LogP contribution in [0, 0.1) is 11.7 Å². The van der Waals surface area contributed by atoms with Crippen LogP contribution in [0.2, 0.25) is 0 Å². The molecule has 10 heteroatoms. The number of hydrogen-bond acceptors (Lipinski definition) is 7. The molecule has 2 N–H and O–H groups in total. The van der Waals surface area contributed by atoms with Crippen molar-refractivity contribution in [3.8, 4) is 0 Å². The maximum Gasteiger partial charge on any atom is 0.410 e. The highest BCUT2D eigenvalue weighted by Crippen LogP contribution is 2.45. The minimum atomic E-state index is -1.05. The lowest BCUT2D eigenvalue weighted by Gasteiger charge is -2.35. The maximum atomic E-state index is 13.4. The Morgan fingerprint density at radius 3 is 2.41 bits per heavy atom. The van der Waals surface area contributed by atoms with Gasteiger partial charge in [-0.2, -0.15) is 0 Å². The number of amides is 1. The van der Waals surface area contributed by atoms with E-state index in [4.69, 9.17) is 9.84 Å². The predicted octanol–water partition coefficient (Wildman–Crippen LogP) is 4.23. The van der Waals surface area contributed by atoms with Gasteiger partial charge in [0.05, 0.1) is 5.56 Å². The third-order valence-electron chi connectivity index (χ3n) is 6.86. The number of ether oxygens (including phenoxy) is 1. The predicted molar refractivity (Wildman–Crippen MR) is 137 cm³/mol. The number of anilines is 1. The van der Waals surface area contributed by atoms with Crippen LogP contribution >= 0.6 is 0 Å². The number of benzene rings is 1. The fraction of sp³-hybridized carbons (Fsp3) is 0.556. The lowest BCUT2D eigenvalue weighted by molar-refractivity contribution is 0.0172. The number of aromatic carboxylic acids is 1. The molecular formula is C27H36FN5O4. The maximum absolute atomic E-state index is 13.4. The summed E-state index contributed by atoms with van der Waals surface area (Å²) in [4.78, 5) is 36.4. The monoisotopic (exact) mass is 513 g/mol. The summed E-state index contributed by atoms with van der Waals surface area (Å²) in [5, 5.41) is 12.1. The number of likely N-dealkylation sites (tertiary alicyclic amines) is 1. The Hall–Kier alpha value is -3.27. The number of carboxylic acids is 1. The second-order valence-electron chi connectivity index (χ2n) is 10.9. The van der Waals surface area contributed by atoms with Crippen LogP contribution in [-0.2, 0) is 4.74 Å². The molecule has 0 radical (unpaired) electrons. The number of rotatable bonds is 9. The molecule has 2 atom stereocenters. The summed E-state index contributed by atoms with van der Waals surface area (Å²) >= 11 is 0. The van der Waals surface area contributed by atoms with Crippen molar-refractivity contribution in [1.82, 2.24) is 19.8 Å². The Labute approximate surface area is 217 Å². The SMILES string of the molecule is CC(C)(C)OC(=O)N(CC1CCN(CCNc2ncc(C(=O)O)cn2)CC1)C1CC1c1ccc(F)cc1. The van der Waals surface area contributed by atoms with Gasteiger partial charge >= 0.3 is 12.1 Å². The topological polar surface area (TPSA) is 108 Å². The molecular weight excluding hydrogens is 477 g/mol. The van der Waals surface area contributed by atoms with E-state index in [0.29, 0.717) is 25.0 Å². The van der Waals surface area contributed by atoms with E-state index < -0.39 is 11.6 Å². The van der Waals surface area contributed by atoms with E-state index in [9.17, 15) is 14.0 Å². The van der Waals surface area contributed by atoms with E-state index >= 15 is 0 Å². The summed E-state index contributed by atoms with van der Waals surface area (Å²) in [6, 6.07) is 6.65. The number of aromatic nitrogens is 2. The van der Waals surface area contributed by atoms with Crippen LogP contribution < -0.4 is 5.32 Å². The fourth-order valence-electron chi connectivity index (χ4n) is 4.79. The number of carbonyl (C=O) groups excluding carboxylic acids is 1. The van der Waals surface area contributed by atoms with Gasteiger partial charge < -0.3 is 25.0 Å². The summed E-state index contributed by atoms with van der Waals surface area (Å²) in [7, 11) is 0. The second kappa shape index (κ2) is 11.4. The number of hydrogen-bond donors (Lipinski definition) is 2. The molecule has 2 fully saturated rings. The first-order valence-corrected chi connectivity index (χ1v) is 12.9. The number of halogens is 1. The summed E-state index contributed by atoms with van der Waals surface area (Å²) in [6.07, 6.45) is 5.14. The van der Waals surface area contributed by atoms with Crippen LogP contribution in [0.15, 0.2) is 36.7 Å². The molecule has 1 aromatic heterocycles. The first kappa shape index (κ1) is 26.8. The largest absolute Gasteiger partial charge is 0.478 e. The number of nitrogens with one attached hydrogen (secondary N) is 1. The minimum Gasteiger partial charge on any atom is -0.478 e. The van der Waals surface area contributed by atoms with Crippen molar-refractivity contribution >= 4 is 18.0 Å². The molecule has 1 saturated heterocycles. The molecule has 2 unspecified atom stereocenters. The molecule has 9 nitrogen and oxygen atoms in total. The molecule has 37 heavy (non-hydrogen) atoms. The lowest BCUT2D eigenvalue weighted by Crippen LogP contribution is -2.44. The van der Waals surface area contributed by atoms with Gasteiger partial charge in [-0.05, 0) is 76.7 Å².